The Bertz CT molecular complexity index is 945. The zero-order valence-corrected chi connectivity index (χ0v) is 16.2. The van der Waals surface area contributed by atoms with Crippen LogP contribution in [0.2, 0.25) is 0 Å². The fourth-order valence-electron chi connectivity index (χ4n) is 3.03. The highest BCUT2D eigenvalue weighted by atomic mass is 16.6. The van der Waals surface area contributed by atoms with Crippen molar-refractivity contribution in [2.24, 2.45) is 0 Å². The van der Waals surface area contributed by atoms with Crippen LogP contribution in [0.5, 0.6) is 0 Å². The van der Waals surface area contributed by atoms with Crippen LogP contribution in [-0.4, -0.2) is 41.2 Å². The van der Waals surface area contributed by atoms with Gasteiger partial charge in [0, 0.05) is 17.8 Å². The molecule has 1 heterocycles. The number of hydrogen-bond acceptors (Lipinski definition) is 8. The minimum Gasteiger partial charge on any atom is -0.477 e. The van der Waals surface area contributed by atoms with Crippen molar-refractivity contribution in [3.05, 3.63) is 62.5 Å². The fourth-order valence-corrected chi connectivity index (χ4v) is 3.03. The number of carboxylic acids is 1. The second kappa shape index (κ2) is 8.55. The SMILES string of the molecule is COC(=O)C1=C(C(=O)O)NC(C)=C(C(=O)OC(C)C)[C@@H]1c1cccc([N+](=O)[O-])c1. The van der Waals surface area contributed by atoms with Gasteiger partial charge < -0.3 is 19.9 Å². The Kier molecular flexibility index (Phi) is 6.37. The van der Waals surface area contributed by atoms with Crippen molar-refractivity contribution < 1.29 is 33.9 Å². The average Bonchev–Trinajstić information content (AvgIpc) is 2.65. The number of nitro benzene ring substituents is 1. The van der Waals surface area contributed by atoms with Gasteiger partial charge in [0.25, 0.3) is 5.69 Å². The molecule has 2 N–H and O–H groups in total. The number of aliphatic carboxylic acids is 1. The van der Waals surface area contributed by atoms with Crippen molar-refractivity contribution in [3.63, 3.8) is 0 Å². The quantitative estimate of drug-likeness (QED) is 0.413. The van der Waals surface area contributed by atoms with Gasteiger partial charge in [0.15, 0.2) is 0 Å². The first kappa shape index (κ1) is 21.6. The molecule has 154 valence electrons. The van der Waals surface area contributed by atoms with E-state index in [1.165, 1.54) is 31.2 Å². The topological polar surface area (TPSA) is 145 Å². The number of benzene rings is 1. The van der Waals surface area contributed by atoms with E-state index in [2.05, 4.69) is 5.32 Å². The van der Waals surface area contributed by atoms with Gasteiger partial charge in [-0.15, -0.1) is 0 Å². The molecule has 0 unspecified atom stereocenters. The third kappa shape index (κ3) is 4.42. The number of hydrogen-bond donors (Lipinski definition) is 2. The van der Waals surface area contributed by atoms with Crippen LogP contribution in [0.1, 0.15) is 32.3 Å². The molecule has 0 fully saturated rings. The molecule has 0 saturated heterocycles. The van der Waals surface area contributed by atoms with Crippen molar-refractivity contribution >= 4 is 23.6 Å². The average molecular weight is 404 g/mol. The van der Waals surface area contributed by atoms with Crippen molar-refractivity contribution in [1.29, 1.82) is 0 Å². The van der Waals surface area contributed by atoms with Gasteiger partial charge in [-0.25, -0.2) is 14.4 Å². The largest absolute Gasteiger partial charge is 0.477 e. The minimum absolute atomic E-state index is 0.0374. The highest BCUT2D eigenvalue weighted by molar-refractivity contribution is 6.05. The van der Waals surface area contributed by atoms with Gasteiger partial charge in [-0.1, -0.05) is 12.1 Å². The van der Waals surface area contributed by atoms with Crippen LogP contribution in [0, 0.1) is 10.1 Å². The molecule has 1 atom stereocenters. The van der Waals surface area contributed by atoms with Crippen molar-refractivity contribution in [2.75, 3.05) is 7.11 Å². The monoisotopic (exact) mass is 404 g/mol. The summed E-state index contributed by atoms with van der Waals surface area (Å²) < 4.78 is 9.99. The van der Waals surface area contributed by atoms with Gasteiger partial charge in [0.05, 0.1) is 35.2 Å². The number of nitro groups is 1. The molecule has 2 rings (SSSR count). The molecular formula is C19H20N2O8. The predicted octanol–water partition coefficient (Wildman–Crippen LogP) is 2.02. The predicted molar refractivity (Wildman–Crippen MR) is 99.6 cm³/mol. The van der Waals surface area contributed by atoms with Gasteiger partial charge in [-0.05, 0) is 26.3 Å². The van der Waals surface area contributed by atoms with E-state index in [9.17, 15) is 29.6 Å². The highest BCUT2D eigenvalue weighted by Gasteiger charge is 2.41. The van der Waals surface area contributed by atoms with Crippen molar-refractivity contribution in [1.82, 2.24) is 5.32 Å². The smallest absolute Gasteiger partial charge is 0.352 e. The van der Waals surface area contributed by atoms with Crippen molar-refractivity contribution in [2.45, 2.75) is 32.8 Å². The van der Waals surface area contributed by atoms with Gasteiger partial charge in [-0.2, -0.15) is 0 Å². The molecule has 10 nitrogen and oxygen atoms in total. The van der Waals surface area contributed by atoms with Gasteiger partial charge in [0.1, 0.15) is 5.70 Å². The molecule has 0 amide bonds. The summed E-state index contributed by atoms with van der Waals surface area (Å²) in [6, 6.07) is 5.26. The number of esters is 2. The summed E-state index contributed by atoms with van der Waals surface area (Å²) in [7, 11) is 1.07. The molecule has 0 saturated carbocycles. The number of rotatable bonds is 6. The van der Waals surface area contributed by atoms with Gasteiger partial charge in [0.2, 0.25) is 0 Å². The molecule has 0 bridgehead atoms. The standard InChI is InChI=1S/C19H20N2O8/c1-9(2)29-19(25)13-10(3)20-16(17(22)23)15(18(24)28-4)14(13)11-6-5-7-12(8-11)21(26)27/h5-9,14,20H,1-4H3,(H,22,23)/t14-/m0/s1. The molecule has 1 aliphatic rings. The normalized spacial score (nSPS) is 16.4. The number of nitrogens with one attached hydrogen (secondary N) is 1. The van der Waals surface area contributed by atoms with Gasteiger partial charge in [-0.3, -0.25) is 10.1 Å². The Morgan fingerprint density at radius 2 is 1.86 bits per heavy atom. The van der Waals surface area contributed by atoms with Crippen molar-refractivity contribution in [3.8, 4) is 0 Å². The maximum atomic E-state index is 12.8. The molecule has 1 aromatic carbocycles. The van der Waals surface area contributed by atoms with E-state index in [1.807, 2.05) is 0 Å². The summed E-state index contributed by atoms with van der Waals surface area (Å²) in [5.41, 5.74) is -0.832. The zero-order chi connectivity index (χ0) is 21.9. The Labute approximate surface area is 165 Å². The van der Waals surface area contributed by atoms with E-state index in [0.717, 1.165) is 7.11 Å². The molecule has 0 aromatic heterocycles. The van der Waals surface area contributed by atoms with Crippen LogP contribution in [0.15, 0.2) is 46.8 Å². The van der Waals surface area contributed by atoms with Crippen LogP contribution in [0.4, 0.5) is 5.69 Å². The van der Waals surface area contributed by atoms with Crippen LogP contribution in [0.25, 0.3) is 0 Å². The summed E-state index contributed by atoms with van der Waals surface area (Å²) in [6.07, 6.45) is -0.486. The zero-order valence-electron chi connectivity index (χ0n) is 16.2. The maximum absolute atomic E-state index is 12.8. The Balaban J connectivity index is 2.80. The molecule has 0 spiro atoms. The third-order valence-electron chi connectivity index (χ3n) is 4.16. The second-order valence-corrected chi connectivity index (χ2v) is 6.49. The highest BCUT2D eigenvalue weighted by Crippen LogP contribution is 2.40. The first-order chi connectivity index (χ1) is 13.6. The second-order valence-electron chi connectivity index (χ2n) is 6.49. The summed E-state index contributed by atoms with van der Waals surface area (Å²) in [6.45, 7) is 4.72. The number of methoxy groups -OCH3 is 1. The fraction of sp³-hybridized carbons (Fsp3) is 0.316. The summed E-state index contributed by atoms with van der Waals surface area (Å²) in [4.78, 5) is 47.6. The lowest BCUT2D eigenvalue weighted by Crippen LogP contribution is -2.36. The van der Waals surface area contributed by atoms with E-state index in [4.69, 9.17) is 9.47 Å². The number of carbonyl (C=O) groups excluding carboxylic acids is 2. The van der Waals surface area contributed by atoms with E-state index >= 15 is 0 Å². The minimum atomic E-state index is -1.45. The number of non-ortho nitro benzene ring substituents is 1. The number of carboxylic acid groups (broad SMARTS) is 1. The Morgan fingerprint density at radius 3 is 2.38 bits per heavy atom. The van der Waals surface area contributed by atoms with E-state index < -0.39 is 40.6 Å². The van der Waals surface area contributed by atoms with Crippen LogP contribution in [-0.2, 0) is 23.9 Å². The summed E-state index contributed by atoms with van der Waals surface area (Å²) in [5, 5.41) is 23.3. The van der Waals surface area contributed by atoms with E-state index in [1.54, 1.807) is 13.8 Å². The first-order valence-corrected chi connectivity index (χ1v) is 8.57. The number of allylic oxidation sites excluding steroid dienone is 1. The van der Waals surface area contributed by atoms with Crippen LogP contribution in [0.3, 0.4) is 0 Å². The maximum Gasteiger partial charge on any atom is 0.352 e. The molecular weight excluding hydrogens is 384 g/mol. The summed E-state index contributed by atoms with van der Waals surface area (Å²) >= 11 is 0. The molecule has 1 aliphatic heterocycles. The lowest BCUT2D eigenvalue weighted by molar-refractivity contribution is -0.384. The number of ether oxygens (including phenoxy) is 2. The molecule has 1 aromatic rings. The summed E-state index contributed by atoms with van der Waals surface area (Å²) in [5.74, 6) is -4.46. The van der Waals surface area contributed by atoms with E-state index in [0.29, 0.717) is 0 Å². The Hall–Kier alpha value is -3.69. The van der Waals surface area contributed by atoms with Gasteiger partial charge >= 0.3 is 17.9 Å². The lowest BCUT2D eigenvalue weighted by atomic mass is 9.80. The molecule has 10 heteroatoms. The van der Waals surface area contributed by atoms with E-state index in [-0.39, 0.29) is 28.1 Å². The van der Waals surface area contributed by atoms with Crippen LogP contribution < -0.4 is 5.32 Å². The van der Waals surface area contributed by atoms with Crippen LogP contribution >= 0.6 is 0 Å². The third-order valence-corrected chi connectivity index (χ3v) is 4.16. The number of carbonyl (C=O) groups is 3. The molecule has 0 aliphatic carbocycles. The molecule has 29 heavy (non-hydrogen) atoms. The first-order valence-electron chi connectivity index (χ1n) is 8.57. The number of dihydropyridines is 1. The molecule has 0 radical (unpaired) electrons. The Morgan fingerprint density at radius 1 is 1.21 bits per heavy atom. The number of nitrogens with zero attached hydrogens (tertiary/aromatic N) is 1. The lowest BCUT2D eigenvalue weighted by Gasteiger charge is -2.30.